The van der Waals surface area contributed by atoms with Gasteiger partial charge >= 0.3 is 0 Å². The molecule has 1 amide bonds. The molecule has 0 aliphatic carbocycles. The second-order valence-electron chi connectivity index (χ2n) is 11.9. The molecule has 0 radical (unpaired) electrons. The van der Waals surface area contributed by atoms with Crippen molar-refractivity contribution in [3.05, 3.63) is 89.7 Å². The highest BCUT2D eigenvalue weighted by Gasteiger charge is 2.28. The summed E-state index contributed by atoms with van der Waals surface area (Å²) in [4.78, 5) is 20.5. The summed E-state index contributed by atoms with van der Waals surface area (Å²) in [6.07, 6.45) is 1.11. The van der Waals surface area contributed by atoms with E-state index >= 15 is 0 Å². The Morgan fingerprint density at radius 3 is 2.49 bits per heavy atom. The smallest absolute Gasteiger partial charge is 0.255 e. The number of carbonyl (C=O) groups excluding carboxylic acids is 1. The second-order valence-corrected chi connectivity index (χ2v) is 13.9. The predicted octanol–water partition coefficient (Wildman–Crippen LogP) is 6.09. The van der Waals surface area contributed by atoms with E-state index in [9.17, 15) is 17.6 Å². The number of ether oxygens (including phenoxy) is 1. The fraction of sp³-hybridized carbons (Fsp3) is 0.200. The van der Waals surface area contributed by atoms with Gasteiger partial charge in [0.2, 0.25) is 10.0 Å². The van der Waals surface area contributed by atoms with Gasteiger partial charge in [0.25, 0.3) is 5.91 Å². The molecule has 0 fully saturated rings. The first-order valence-corrected chi connectivity index (χ1v) is 16.7. The van der Waals surface area contributed by atoms with Crippen molar-refractivity contribution in [2.75, 3.05) is 38.8 Å². The molecule has 0 atom stereocenters. The summed E-state index contributed by atoms with van der Waals surface area (Å²) in [5.74, 6) is -0.0104. The number of hydrogen-bond donors (Lipinski definition) is 1. The highest BCUT2D eigenvalue weighted by atomic mass is 32.2. The van der Waals surface area contributed by atoms with Crippen LogP contribution in [0.2, 0.25) is 0 Å². The first-order valence-electron chi connectivity index (χ1n) is 14.9. The van der Waals surface area contributed by atoms with Crippen molar-refractivity contribution < 1.29 is 26.8 Å². The number of sulfonamides is 1. The van der Waals surface area contributed by atoms with Crippen LogP contribution in [0, 0.1) is 5.82 Å². The van der Waals surface area contributed by atoms with E-state index in [1.54, 1.807) is 18.2 Å². The van der Waals surface area contributed by atoms with E-state index in [1.165, 1.54) is 43.9 Å². The van der Waals surface area contributed by atoms with E-state index in [1.807, 2.05) is 26.2 Å². The molecule has 3 aromatic carbocycles. The van der Waals surface area contributed by atoms with Crippen LogP contribution in [-0.4, -0.2) is 63.2 Å². The maximum atomic E-state index is 13.8. The van der Waals surface area contributed by atoms with Crippen molar-refractivity contribution in [3.8, 4) is 39.7 Å². The van der Waals surface area contributed by atoms with E-state index in [4.69, 9.17) is 14.1 Å². The number of rotatable bonds is 7. The molecule has 0 bridgehead atoms. The topological polar surface area (TPSA) is 110 Å². The maximum Gasteiger partial charge on any atom is 0.255 e. The third-order valence-corrected chi connectivity index (χ3v) is 9.64. The standard InChI is InChI=1S/C35H32FN5O5S/c1-37-35(42)32-25-15-24(28(40(4)47(5,43)44)17-31(25)46-34(32)20-9-11-22(36)12-10-20)26-13-14-30-33(38-26)29-16-23-21(18-39(2)3)7-6-8-27(23)41(29)19-45-30/h6-17H,18-19H2,1-5H3,(H,37,42). The quantitative estimate of drug-likeness (QED) is 0.222. The van der Waals surface area contributed by atoms with Gasteiger partial charge in [-0.25, -0.2) is 17.8 Å². The highest BCUT2D eigenvalue weighted by molar-refractivity contribution is 7.92. The Balaban J connectivity index is 1.47. The number of carbonyl (C=O) groups is 1. The van der Waals surface area contributed by atoms with Crippen LogP contribution in [0.5, 0.6) is 5.75 Å². The summed E-state index contributed by atoms with van der Waals surface area (Å²) in [6, 6.07) is 20.8. The third kappa shape index (κ3) is 5.19. The number of furan rings is 1. The first-order chi connectivity index (χ1) is 22.4. The molecule has 1 aliphatic heterocycles. The van der Waals surface area contributed by atoms with Crippen LogP contribution in [0.4, 0.5) is 10.1 Å². The fourth-order valence-corrected chi connectivity index (χ4v) is 6.63. The van der Waals surface area contributed by atoms with E-state index < -0.39 is 21.7 Å². The number of amides is 1. The van der Waals surface area contributed by atoms with Gasteiger partial charge in [-0.3, -0.25) is 9.10 Å². The van der Waals surface area contributed by atoms with Gasteiger partial charge in [-0.2, -0.15) is 0 Å². The molecule has 10 nitrogen and oxygen atoms in total. The average molecular weight is 654 g/mol. The van der Waals surface area contributed by atoms with Crippen LogP contribution in [-0.2, 0) is 23.3 Å². The van der Waals surface area contributed by atoms with Gasteiger partial charge < -0.3 is 23.9 Å². The summed E-state index contributed by atoms with van der Waals surface area (Å²) in [5.41, 5.74) is 5.94. The van der Waals surface area contributed by atoms with Gasteiger partial charge in [0.15, 0.2) is 6.73 Å². The van der Waals surface area contributed by atoms with Crippen LogP contribution in [0.1, 0.15) is 15.9 Å². The lowest BCUT2D eigenvalue weighted by molar-refractivity contribution is 0.0964. The summed E-state index contributed by atoms with van der Waals surface area (Å²) in [5, 5.41) is 4.21. The van der Waals surface area contributed by atoms with Crippen LogP contribution < -0.4 is 14.4 Å². The van der Waals surface area contributed by atoms with Crippen molar-refractivity contribution in [1.29, 1.82) is 0 Å². The molecule has 0 unspecified atom stereocenters. The molecule has 3 aromatic heterocycles. The van der Waals surface area contributed by atoms with Crippen molar-refractivity contribution in [2.45, 2.75) is 13.3 Å². The first kappa shape index (κ1) is 30.5. The lowest BCUT2D eigenvalue weighted by atomic mass is 10.0. The molecule has 1 N–H and O–H groups in total. The largest absolute Gasteiger partial charge is 0.470 e. The zero-order chi connectivity index (χ0) is 33.2. The van der Waals surface area contributed by atoms with Gasteiger partial charge in [-0.15, -0.1) is 0 Å². The Hall–Kier alpha value is -5.20. The Morgan fingerprint density at radius 1 is 1.02 bits per heavy atom. The molecular weight excluding hydrogens is 621 g/mol. The van der Waals surface area contributed by atoms with Gasteiger partial charge in [0.1, 0.15) is 28.6 Å². The maximum absolute atomic E-state index is 13.8. The fourth-order valence-electron chi connectivity index (χ4n) is 6.12. The van der Waals surface area contributed by atoms with E-state index in [-0.39, 0.29) is 16.9 Å². The lowest BCUT2D eigenvalue weighted by Gasteiger charge is -2.23. The third-order valence-electron chi connectivity index (χ3n) is 8.45. The molecule has 4 heterocycles. The van der Waals surface area contributed by atoms with Gasteiger partial charge in [0, 0.05) is 48.6 Å². The summed E-state index contributed by atoms with van der Waals surface area (Å²) < 4.78 is 55.1. The molecule has 0 spiro atoms. The number of anilines is 1. The number of aromatic nitrogens is 2. The average Bonchev–Trinajstić information content (AvgIpc) is 3.62. The lowest BCUT2D eigenvalue weighted by Crippen LogP contribution is -2.25. The Bertz CT molecular complexity index is 2330. The second kappa shape index (κ2) is 11.2. The van der Waals surface area contributed by atoms with Gasteiger partial charge in [0.05, 0.1) is 34.4 Å². The number of fused-ring (bicyclic) bond motifs is 6. The summed E-state index contributed by atoms with van der Waals surface area (Å²) >= 11 is 0. The molecule has 240 valence electrons. The van der Waals surface area contributed by atoms with Gasteiger partial charge in [-0.1, -0.05) is 12.1 Å². The highest BCUT2D eigenvalue weighted by Crippen LogP contribution is 2.44. The van der Waals surface area contributed by atoms with Crippen LogP contribution in [0.3, 0.4) is 0 Å². The number of nitrogens with one attached hydrogen (secondary N) is 1. The van der Waals surface area contributed by atoms with Crippen LogP contribution >= 0.6 is 0 Å². The SMILES string of the molecule is CNC(=O)c1c(-c2ccc(F)cc2)oc2cc(N(C)S(C)(=O)=O)c(-c3ccc4c(n3)-c3cc5c(CN(C)C)cccc5n3CO4)cc12. The van der Waals surface area contributed by atoms with Crippen molar-refractivity contribution in [1.82, 2.24) is 19.8 Å². The minimum atomic E-state index is -3.72. The summed E-state index contributed by atoms with van der Waals surface area (Å²) in [7, 11) is 3.30. The molecule has 12 heteroatoms. The Morgan fingerprint density at radius 2 is 1.79 bits per heavy atom. The minimum absolute atomic E-state index is 0.231. The number of pyridine rings is 1. The van der Waals surface area contributed by atoms with Crippen molar-refractivity contribution in [2.24, 2.45) is 0 Å². The molecule has 0 saturated heterocycles. The molecule has 6 aromatic rings. The molecular formula is C35H32FN5O5S. The van der Waals surface area contributed by atoms with E-state index in [0.29, 0.717) is 46.1 Å². The van der Waals surface area contributed by atoms with Crippen molar-refractivity contribution in [3.63, 3.8) is 0 Å². The Kier molecular flexibility index (Phi) is 7.29. The number of hydrogen-bond acceptors (Lipinski definition) is 7. The number of halogens is 1. The minimum Gasteiger partial charge on any atom is -0.470 e. The van der Waals surface area contributed by atoms with Crippen molar-refractivity contribution >= 4 is 43.5 Å². The van der Waals surface area contributed by atoms with Crippen LogP contribution in [0.25, 0.3) is 55.8 Å². The Labute approximate surface area is 271 Å². The van der Waals surface area contributed by atoms with Gasteiger partial charge in [-0.05, 0) is 74.3 Å². The number of nitrogens with zero attached hydrogens (tertiary/aromatic N) is 4. The molecule has 7 rings (SSSR count). The monoisotopic (exact) mass is 653 g/mol. The molecule has 1 aliphatic rings. The summed E-state index contributed by atoms with van der Waals surface area (Å²) in [6.45, 7) is 1.09. The molecule has 47 heavy (non-hydrogen) atoms. The predicted molar refractivity (Wildman–Crippen MR) is 180 cm³/mol. The number of benzene rings is 3. The normalized spacial score (nSPS) is 12.7. The zero-order valence-electron chi connectivity index (χ0n) is 26.5. The van der Waals surface area contributed by atoms with E-state index in [2.05, 4.69) is 33.0 Å². The molecule has 0 saturated carbocycles. The van der Waals surface area contributed by atoms with Crippen LogP contribution in [0.15, 0.2) is 77.2 Å². The van der Waals surface area contributed by atoms with E-state index in [0.717, 1.165) is 33.7 Å². The zero-order valence-corrected chi connectivity index (χ0v) is 27.3.